The van der Waals surface area contributed by atoms with Gasteiger partial charge in [-0.05, 0) is 45.5 Å². The Labute approximate surface area is 116 Å². The van der Waals surface area contributed by atoms with E-state index in [1.807, 2.05) is 31.3 Å². The van der Waals surface area contributed by atoms with Crippen LogP contribution in [-0.4, -0.2) is 33.1 Å². The van der Waals surface area contributed by atoms with E-state index in [-0.39, 0.29) is 23.7 Å². The summed E-state index contributed by atoms with van der Waals surface area (Å²) in [5.41, 5.74) is 1.12. The van der Waals surface area contributed by atoms with Crippen LogP contribution in [-0.2, 0) is 9.84 Å². The molecule has 5 heteroatoms. The van der Waals surface area contributed by atoms with E-state index < -0.39 is 9.84 Å². The molecular weight excluding hydrogens is 262 g/mol. The third kappa shape index (κ3) is 4.84. The molecule has 0 radical (unpaired) electrons. The fourth-order valence-corrected chi connectivity index (χ4v) is 2.34. The zero-order chi connectivity index (χ0) is 14.5. The van der Waals surface area contributed by atoms with Gasteiger partial charge in [0.2, 0.25) is 0 Å². The standard InChI is InChI=1S/C14H23NO3S/c1-11(2)19(16,17)9-8-18-14-7-5-6-13(10-14)12(3)15-4/h5-7,10-12,15H,8-9H2,1-4H3. The lowest BCUT2D eigenvalue weighted by atomic mass is 10.1. The molecule has 0 bridgehead atoms. The van der Waals surface area contributed by atoms with Crippen LogP contribution in [0.15, 0.2) is 24.3 Å². The van der Waals surface area contributed by atoms with Crippen LogP contribution in [0.25, 0.3) is 0 Å². The summed E-state index contributed by atoms with van der Waals surface area (Å²) in [5, 5.41) is 2.80. The molecule has 0 heterocycles. The topological polar surface area (TPSA) is 55.4 Å². The van der Waals surface area contributed by atoms with Gasteiger partial charge in [-0.25, -0.2) is 8.42 Å². The third-order valence-corrected chi connectivity index (χ3v) is 5.32. The zero-order valence-corrected chi connectivity index (χ0v) is 12.8. The fraction of sp³-hybridized carbons (Fsp3) is 0.571. The largest absolute Gasteiger partial charge is 0.493 e. The van der Waals surface area contributed by atoms with Gasteiger partial charge in [-0.15, -0.1) is 0 Å². The Morgan fingerprint density at radius 1 is 1.26 bits per heavy atom. The molecule has 0 spiro atoms. The molecule has 19 heavy (non-hydrogen) atoms. The molecule has 1 aromatic rings. The maximum absolute atomic E-state index is 11.7. The quantitative estimate of drug-likeness (QED) is 0.834. The van der Waals surface area contributed by atoms with Crippen molar-refractivity contribution in [3.8, 4) is 5.75 Å². The number of rotatable bonds is 7. The number of sulfone groups is 1. The molecule has 0 fully saturated rings. The van der Waals surface area contributed by atoms with Crippen molar-refractivity contribution in [2.45, 2.75) is 32.1 Å². The van der Waals surface area contributed by atoms with Gasteiger partial charge in [0.15, 0.2) is 9.84 Å². The molecule has 0 saturated carbocycles. The molecule has 0 aliphatic rings. The second kappa shape index (κ2) is 6.91. The molecule has 1 rings (SSSR count). The van der Waals surface area contributed by atoms with Gasteiger partial charge in [0.05, 0.1) is 11.0 Å². The van der Waals surface area contributed by atoms with Crippen molar-refractivity contribution in [2.24, 2.45) is 0 Å². The van der Waals surface area contributed by atoms with Gasteiger partial charge in [0.25, 0.3) is 0 Å². The minimum Gasteiger partial charge on any atom is -0.493 e. The average molecular weight is 285 g/mol. The lowest BCUT2D eigenvalue weighted by molar-refractivity contribution is 0.340. The summed E-state index contributed by atoms with van der Waals surface area (Å²) in [6, 6.07) is 7.94. The van der Waals surface area contributed by atoms with Crippen LogP contribution in [0.5, 0.6) is 5.75 Å². The monoisotopic (exact) mass is 285 g/mol. The molecule has 0 saturated heterocycles. The Bertz CT molecular complexity index is 497. The van der Waals surface area contributed by atoms with Gasteiger partial charge in [-0.2, -0.15) is 0 Å². The van der Waals surface area contributed by atoms with Gasteiger partial charge < -0.3 is 10.1 Å². The summed E-state index contributed by atoms with van der Waals surface area (Å²) >= 11 is 0. The van der Waals surface area contributed by atoms with E-state index in [2.05, 4.69) is 12.2 Å². The summed E-state index contributed by atoms with van der Waals surface area (Å²) in [5.74, 6) is 0.759. The molecule has 0 aliphatic heterocycles. The molecule has 1 aromatic carbocycles. The SMILES string of the molecule is CNC(C)c1cccc(OCCS(=O)(=O)C(C)C)c1. The normalized spacial score (nSPS) is 13.5. The Hall–Kier alpha value is -1.07. The van der Waals surface area contributed by atoms with Gasteiger partial charge in [0, 0.05) is 6.04 Å². The van der Waals surface area contributed by atoms with Crippen LogP contribution in [0.3, 0.4) is 0 Å². The van der Waals surface area contributed by atoms with Crippen LogP contribution in [0.2, 0.25) is 0 Å². The molecule has 1 atom stereocenters. The average Bonchev–Trinajstić information content (AvgIpc) is 2.37. The van der Waals surface area contributed by atoms with Crippen LogP contribution in [0.4, 0.5) is 0 Å². The smallest absolute Gasteiger partial charge is 0.155 e. The highest BCUT2D eigenvalue weighted by Crippen LogP contribution is 2.18. The predicted octanol–water partition coefficient (Wildman–Crippen LogP) is 2.17. The first-order chi connectivity index (χ1) is 8.86. The van der Waals surface area contributed by atoms with E-state index in [1.165, 1.54) is 0 Å². The maximum Gasteiger partial charge on any atom is 0.155 e. The molecule has 0 aliphatic carbocycles. The second-order valence-corrected chi connectivity index (χ2v) is 7.52. The fourth-order valence-electron chi connectivity index (χ4n) is 1.55. The van der Waals surface area contributed by atoms with E-state index in [4.69, 9.17) is 4.74 Å². The van der Waals surface area contributed by atoms with Gasteiger partial charge in [-0.3, -0.25) is 0 Å². The molecule has 108 valence electrons. The van der Waals surface area contributed by atoms with Crippen molar-refractivity contribution in [1.82, 2.24) is 5.32 Å². The first-order valence-corrected chi connectivity index (χ1v) is 8.20. The van der Waals surface area contributed by atoms with Crippen LogP contribution < -0.4 is 10.1 Å². The van der Waals surface area contributed by atoms with Gasteiger partial charge in [-0.1, -0.05) is 12.1 Å². The number of benzene rings is 1. The summed E-state index contributed by atoms with van der Waals surface area (Å²) < 4.78 is 28.8. The Morgan fingerprint density at radius 3 is 2.53 bits per heavy atom. The summed E-state index contributed by atoms with van der Waals surface area (Å²) in [4.78, 5) is 0. The number of ether oxygens (including phenoxy) is 1. The molecule has 1 N–H and O–H groups in total. The van der Waals surface area contributed by atoms with Gasteiger partial charge >= 0.3 is 0 Å². The van der Waals surface area contributed by atoms with Crippen molar-refractivity contribution in [1.29, 1.82) is 0 Å². The number of nitrogens with one attached hydrogen (secondary N) is 1. The van der Waals surface area contributed by atoms with Crippen LogP contribution in [0.1, 0.15) is 32.4 Å². The second-order valence-electron chi connectivity index (χ2n) is 4.85. The van der Waals surface area contributed by atoms with Crippen molar-refractivity contribution in [3.05, 3.63) is 29.8 Å². The summed E-state index contributed by atoms with van der Waals surface area (Å²) in [7, 11) is -1.14. The Balaban J connectivity index is 2.59. The minimum atomic E-state index is -3.04. The number of hydrogen-bond acceptors (Lipinski definition) is 4. The minimum absolute atomic E-state index is 0.0521. The van der Waals surface area contributed by atoms with Crippen molar-refractivity contribution < 1.29 is 13.2 Å². The highest BCUT2D eigenvalue weighted by molar-refractivity contribution is 7.91. The van der Waals surface area contributed by atoms with E-state index in [0.717, 1.165) is 5.56 Å². The highest BCUT2D eigenvalue weighted by Gasteiger charge is 2.15. The number of hydrogen-bond donors (Lipinski definition) is 1. The van der Waals surface area contributed by atoms with Crippen molar-refractivity contribution >= 4 is 9.84 Å². The lowest BCUT2D eigenvalue weighted by Gasteiger charge is -2.13. The predicted molar refractivity (Wildman–Crippen MR) is 78.3 cm³/mol. The third-order valence-electron chi connectivity index (χ3n) is 3.15. The van der Waals surface area contributed by atoms with E-state index in [0.29, 0.717) is 5.75 Å². The van der Waals surface area contributed by atoms with E-state index in [1.54, 1.807) is 13.8 Å². The first kappa shape index (κ1) is 16.0. The van der Waals surface area contributed by atoms with Gasteiger partial charge in [0.1, 0.15) is 12.4 Å². The van der Waals surface area contributed by atoms with Crippen molar-refractivity contribution in [2.75, 3.05) is 19.4 Å². The van der Waals surface area contributed by atoms with E-state index in [9.17, 15) is 8.42 Å². The lowest BCUT2D eigenvalue weighted by Crippen LogP contribution is -2.22. The maximum atomic E-state index is 11.7. The zero-order valence-electron chi connectivity index (χ0n) is 12.0. The van der Waals surface area contributed by atoms with Crippen molar-refractivity contribution in [3.63, 3.8) is 0 Å². The summed E-state index contributed by atoms with van der Waals surface area (Å²) in [6.07, 6.45) is 0. The van der Waals surface area contributed by atoms with Crippen LogP contribution >= 0.6 is 0 Å². The molecule has 4 nitrogen and oxygen atoms in total. The Morgan fingerprint density at radius 2 is 1.95 bits per heavy atom. The Kier molecular flexibility index (Phi) is 5.82. The molecule has 1 unspecified atom stereocenters. The molecule has 0 amide bonds. The molecular formula is C14H23NO3S. The highest BCUT2D eigenvalue weighted by atomic mass is 32.2. The molecule has 0 aromatic heterocycles. The van der Waals surface area contributed by atoms with Crippen LogP contribution in [0, 0.1) is 0 Å². The summed E-state index contributed by atoms with van der Waals surface area (Å²) in [6.45, 7) is 5.62. The first-order valence-electron chi connectivity index (χ1n) is 6.48. The van der Waals surface area contributed by atoms with E-state index >= 15 is 0 Å².